The van der Waals surface area contributed by atoms with Gasteiger partial charge in [-0.3, -0.25) is 4.79 Å². The summed E-state index contributed by atoms with van der Waals surface area (Å²) in [6.45, 7) is 1.57. The van der Waals surface area contributed by atoms with E-state index in [1.165, 1.54) is 16.1 Å². The van der Waals surface area contributed by atoms with Crippen LogP contribution in [-0.2, 0) is 0 Å². The van der Waals surface area contributed by atoms with Gasteiger partial charge >= 0.3 is 0 Å². The number of aromatic nitrogens is 1. The van der Waals surface area contributed by atoms with Crippen molar-refractivity contribution in [3.8, 4) is 10.4 Å². The van der Waals surface area contributed by atoms with Crippen LogP contribution >= 0.6 is 27.3 Å². The maximum Gasteiger partial charge on any atom is 0.177 e. The number of hydrogen-bond acceptors (Lipinski definition) is 3. The number of nitrogens with one attached hydrogen (secondary N) is 1. The summed E-state index contributed by atoms with van der Waals surface area (Å²) in [5, 5.41) is 0. The van der Waals surface area contributed by atoms with Gasteiger partial charge in [0.2, 0.25) is 0 Å². The van der Waals surface area contributed by atoms with Crippen molar-refractivity contribution in [3.05, 3.63) is 40.5 Å². The summed E-state index contributed by atoms with van der Waals surface area (Å²) in [6, 6.07) is 10.6. The molecule has 0 aliphatic rings. The summed E-state index contributed by atoms with van der Waals surface area (Å²) < 4.78 is 1.96. The van der Waals surface area contributed by atoms with Gasteiger partial charge in [-0.15, -0.1) is 11.3 Å². The number of anilines is 1. The van der Waals surface area contributed by atoms with Gasteiger partial charge in [0.05, 0.1) is 20.4 Å². The van der Waals surface area contributed by atoms with E-state index in [0.717, 1.165) is 14.7 Å². The predicted molar refractivity (Wildman–Crippen MR) is 93.6 cm³/mol. The second-order valence-corrected chi connectivity index (χ2v) is 7.01. The lowest BCUT2D eigenvalue weighted by molar-refractivity contribution is 0.101. The minimum absolute atomic E-state index is 0.0437. The summed E-state index contributed by atoms with van der Waals surface area (Å²) in [7, 11) is 4.06. The average molecular weight is 363 g/mol. The van der Waals surface area contributed by atoms with Crippen LogP contribution in [0.4, 0.5) is 5.69 Å². The highest BCUT2D eigenvalue weighted by Crippen LogP contribution is 2.39. The standard InChI is InChI=1S/C16H15BrN2OS/c1-9(20)15-14(17)16-12(18-15)8-13(21-16)10-4-6-11(7-5-10)19(2)3/h4-8,18H,1-3H3. The number of aromatic amines is 1. The second-order valence-electron chi connectivity index (χ2n) is 5.16. The molecule has 0 fully saturated rings. The number of fused-ring (bicyclic) bond motifs is 1. The molecule has 0 radical (unpaired) electrons. The van der Waals surface area contributed by atoms with Gasteiger partial charge in [0.15, 0.2) is 5.78 Å². The van der Waals surface area contributed by atoms with Crippen LogP contribution < -0.4 is 4.90 Å². The predicted octanol–water partition coefficient (Wildman–Crippen LogP) is 4.93. The summed E-state index contributed by atoms with van der Waals surface area (Å²) in [5.41, 5.74) is 4.02. The number of H-pyrrole nitrogens is 1. The molecule has 3 nitrogen and oxygen atoms in total. The molecule has 1 N–H and O–H groups in total. The van der Waals surface area contributed by atoms with E-state index in [1.54, 1.807) is 18.3 Å². The molecule has 108 valence electrons. The fourth-order valence-corrected chi connectivity index (χ4v) is 4.16. The third kappa shape index (κ3) is 2.51. The molecule has 0 amide bonds. The number of nitrogens with zero attached hydrogens (tertiary/aromatic N) is 1. The van der Waals surface area contributed by atoms with Gasteiger partial charge in [0.25, 0.3) is 0 Å². The number of rotatable bonds is 3. The zero-order chi connectivity index (χ0) is 15.1. The highest BCUT2D eigenvalue weighted by atomic mass is 79.9. The molecule has 1 aromatic carbocycles. The van der Waals surface area contributed by atoms with Crippen LogP contribution in [0.2, 0.25) is 0 Å². The molecule has 3 aromatic rings. The number of thiophene rings is 1. The largest absolute Gasteiger partial charge is 0.378 e. The van der Waals surface area contributed by atoms with Gasteiger partial charge in [0, 0.05) is 31.6 Å². The Kier molecular flexibility index (Phi) is 3.63. The van der Waals surface area contributed by atoms with Crippen molar-refractivity contribution < 1.29 is 4.79 Å². The van der Waals surface area contributed by atoms with Crippen molar-refractivity contribution in [1.82, 2.24) is 4.98 Å². The SMILES string of the molecule is CC(=O)c1[nH]c2cc(-c3ccc(N(C)C)cc3)sc2c1Br. The summed E-state index contributed by atoms with van der Waals surface area (Å²) in [4.78, 5) is 18.0. The van der Waals surface area contributed by atoms with Crippen LogP contribution in [0.3, 0.4) is 0 Å². The van der Waals surface area contributed by atoms with Gasteiger partial charge in [-0.1, -0.05) is 12.1 Å². The quantitative estimate of drug-likeness (QED) is 0.670. The van der Waals surface area contributed by atoms with Gasteiger partial charge in [-0.05, 0) is 39.7 Å². The summed E-state index contributed by atoms with van der Waals surface area (Å²) in [5.74, 6) is 0.0437. The first-order chi connectivity index (χ1) is 9.97. The van der Waals surface area contributed by atoms with Crippen LogP contribution in [0.15, 0.2) is 34.8 Å². The molecule has 0 aliphatic carbocycles. The Morgan fingerprint density at radius 2 is 1.90 bits per heavy atom. The number of Topliss-reactive ketones (excluding diaryl/α,β-unsaturated/α-hetero) is 1. The zero-order valence-electron chi connectivity index (χ0n) is 12.0. The molecule has 2 heterocycles. The van der Waals surface area contributed by atoms with E-state index in [4.69, 9.17) is 0 Å². The lowest BCUT2D eigenvalue weighted by Crippen LogP contribution is -2.07. The van der Waals surface area contributed by atoms with Gasteiger partial charge in [0.1, 0.15) is 0 Å². The Bertz CT molecular complexity index is 815. The normalized spacial score (nSPS) is 11.0. The van der Waals surface area contributed by atoms with Crippen molar-refractivity contribution in [2.45, 2.75) is 6.92 Å². The van der Waals surface area contributed by atoms with Crippen molar-refractivity contribution in [2.24, 2.45) is 0 Å². The molecule has 0 saturated carbocycles. The Hall–Kier alpha value is -1.59. The van der Waals surface area contributed by atoms with Gasteiger partial charge < -0.3 is 9.88 Å². The van der Waals surface area contributed by atoms with E-state index < -0.39 is 0 Å². The minimum Gasteiger partial charge on any atom is -0.378 e. The molecule has 3 rings (SSSR count). The number of hydrogen-bond donors (Lipinski definition) is 1. The maximum absolute atomic E-state index is 11.5. The van der Waals surface area contributed by atoms with Crippen LogP contribution in [0.1, 0.15) is 17.4 Å². The monoisotopic (exact) mass is 362 g/mol. The van der Waals surface area contributed by atoms with Crippen molar-refractivity contribution in [3.63, 3.8) is 0 Å². The number of carbonyl (C=O) groups is 1. The van der Waals surface area contributed by atoms with E-state index >= 15 is 0 Å². The van der Waals surface area contributed by atoms with E-state index in [1.807, 2.05) is 14.1 Å². The molecule has 0 atom stereocenters. The first-order valence-corrected chi connectivity index (χ1v) is 8.18. The number of halogens is 1. The van der Waals surface area contributed by atoms with Crippen LogP contribution in [0.5, 0.6) is 0 Å². The molecular weight excluding hydrogens is 348 g/mol. The highest BCUT2D eigenvalue weighted by molar-refractivity contribution is 9.10. The maximum atomic E-state index is 11.5. The molecule has 0 bridgehead atoms. The first-order valence-electron chi connectivity index (χ1n) is 6.57. The highest BCUT2D eigenvalue weighted by Gasteiger charge is 2.16. The van der Waals surface area contributed by atoms with E-state index in [-0.39, 0.29) is 5.78 Å². The van der Waals surface area contributed by atoms with Crippen molar-refractivity contribution in [1.29, 1.82) is 0 Å². The minimum atomic E-state index is 0.0437. The Balaban J connectivity index is 2.03. The lowest BCUT2D eigenvalue weighted by atomic mass is 10.1. The van der Waals surface area contributed by atoms with Crippen molar-refractivity contribution in [2.75, 3.05) is 19.0 Å². The Morgan fingerprint density at radius 3 is 2.43 bits per heavy atom. The van der Waals surface area contributed by atoms with Crippen molar-refractivity contribution >= 4 is 49.0 Å². The van der Waals surface area contributed by atoms with Crippen LogP contribution in [-0.4, -0.2) is 24.9 Å². The molecule has 0 saturated heterocycles. The van der Waals surface area contributed by atoms with E-state index in [0.29, 0.717) is 5.69 Å². The summed E-state index contributed by atoms with van der Waals surface area (Å²) >= 11 is 5.21. The Labute approximate surface area is 135 Å². The lowest BCUT2D eigenvalue weighted by Gasteiger charge is -2.12. The molecule has 0 spiro atoms. The molecular formula is C16H15BrN2OS. The number of ketones is 1. The third-order valence-corrected chi connectivity index (χ3v) is 5.69. The van der Waals surface area contributed by atoms with Gasteiger partial charge in [-0.25, -0.2) is 0 Å². The smallest absolute Gasteiger partial charge is 0.177 e. The zero-order valence-corrected chi connectivity index (χ0v) is 14.4. The molecule has 0 unspecified atom stereocenters. The van der Waals surface area contributed by atoms with Gasteiger partial charge in [-0.2, -0.15) is 0 Å². The fraction of sp³-hybridized carbons (Fsp3) is 0.188. The first kappa shape index (κ1) is 14.4. The second kappa shape index (κ2) is 5.31. The van der Waals surface area contributed by atoms with Crippen LogP contribution in [0, 0.1) is 0 Å². The molecule has 0 aliphatic heterocycles. The van der Waals surface area contributed by atoms with E-state index in [9.17, 15) is 4.79 Å². The summed E-state index contributed by atoms with van der Waals surface area (Å²) in [6.07, 6.45) is 0. The fourth-order valence-electron chi connectivity index (χ4n) is 2.26. The average Bonchev–Trinajstić information content (AvgIpc) is 2.99. The third-order valence-electron chi connectivity index (χ3n) is 3.43. The molecule has 5 heteroatoms. The Morgan fingerprint density at radius 1 is 1.24 bits per heavy atom. The number of carbonyl (C=O) groups excluding carboxylic acids is 1. The number of benzene rings is 1. The molecule has 21 heavy (non-hydrogen) atoms. The topological polar surface area (TPSA) is 36.1 Å². The molecule has 2 aromatic heterocycles. The van der Waals surface area contributed by atoms with E-state index in [2.05, 4.69) is 56.1 Å². The van der Waals surface area contributed by atoms with Crippen LogP contribution in [0.25, 0.3) is 20.7 Å².